The maximum absolute atomic E-state index is 11.6. The molecule has 0 saturated carbocycles. The number of hydrogen-bond acceptors (Lipinski definition) is 4. The molecule has 1 aromatic carbocycles. The molecule has 0 aliphatic heterocycles. The lowest BCUT2D eigenvalue weighted by molar-refractivity contribution is -0.117. The van der Waals surface area contributed by atoms with Gasteiger partial charge in [-0.25, -0.2) is 0 Å². The van der Waals surface area contributed by atoms with Crippen LogP contribution in [0.25, 0.3) is 0 Å². The van der Waals surface area contributed by atoms with Crippen LogP contribution in [0.2, 0.25) is 0 Å². The highest BCUT2D eigenvalue weighted by Gasteiger charge is 2.20. The van der Waals surface area contributed by atoms with Gasteiger partial charge in [0.25, 0.3) is 0 Å². The molecule has 19 heavy (non-hydrogen) atoms. The molecule has 100 valence electrons. The third-order valence-electron chi connectivity index (χ3n) is 2.94. The van der Waals surface area contributed by atoms with E-state index in [0.29, 0.717) is 5.75 Å². The van der Waals surface area contributed by atoms with Crippen LogP contribution in [0.15, 0.2) is 34.9 Å². The minimum absolute atomic E-state index is 0.331. The molecule has 0 aliphatic carbocycles. The van der Waals surface area contributed by atoms with Crippen LogP contribution in [-0.4, -0.2) is 11.1 Å². The molecule has 0 bridgehead atoms. The summed E-state index contributed by atoms with van der Waals surface area (Å²) in [5, 5.41) is 3.56. The molecule has 1 aromatic heterocycles. The molecule has 2 aromatic rings. The molecule has 0 fully saturated rings. The van der Waals surface area contributed by atoms with Crippen molar-refractivity contribution in [1.29, 1.82) is 0 Å². The van der Waals surface area contributed by atoms with E-state index < -0.39 is 0 Å². The summed E-state index contributed by atoms with van der Waals surface area (Å²) in [6.45, 7) is 3.77. The van der Waals surface area contributed by atoms with E-state index in [1.807, 2.05) is 44.2 Å². The van der Waals surface area contributed by atoms with Gasteiger partial charge in [-0.05, 0) is 19.4 Å². The fourth-order valence-electron chi connectivity index (χ4n) is 1.85. The second kappa shape index (κ2) is 5.93. The summed E-state index contributed by atoms with van der Waals surface area (Å²) in [4.78, 5) is 11.6. The summed E-state index contributed by atoms with van der Waals surface area (Å²) in [7, 11) is 0. The van der Waals surface area contributed by atoms with Gasteiger partial charge in [-0.2, -0.15) is 0 Å². The highest BCUT2D eigenvalue weighted by Crippen LogP contribution is 2.32. The SMILES string of the molecule is Cc1noc(C)c1CS[C@H](C(N)=O)c1ccccc1. The molecular weight excluding hydrogens is 260 g/mol. The largest absolute Gasteiger partial charge is 0.368 e. The summed E-state index contributed by atoms with van der Waals surface area (Å²) in [5.74, 6) is 1.12. The number of nitrogens with zero attached hydrogens (tertiary/aromatic N) is 1. The average Bonchev–Trinajstić information content (AvgIpc) is 2.71. The lowest BCUT2D eigenvalue weighted by Crippen LogP contribution is -2.19. The van der Waals surface area contributed by atoms with Gasteiger partial charge in [0.15, 0.2) is 0 Å². The van der Waals surface area contributed by atoms with Gasteiger partial charge in [0.2, 0.25) is 5.91 Å². The van der Waals surface area contributed by atoms with Crippen molar-refractivity contribution in [3.05, 3.63) is 52.9 Å². The van der Waals surface area contributed by atoms with Crippen molar-refractivity contribution in [3.8, 4) is 0 Å². The molecule has 5 heteroatoms. The van der Waals surface area contributed by atoms with Gasteiger partial charge in [-0.3, -0.25) is 4.79 Å². The highest BCUT2D eigenvalue weighted by molar-refractivity contribution is 7.99. The van der Waals surface area contributed by atoms with Crippen molar-refractivity contribution in [1.82, 2.24) is 5.16 Å². The zero-order valence-electron chi connectivity index (χ0n) is 10.9. The van der Waals surface area contributed by atoms with Gasteiger partial charge < -0.3 is 10.3 Å². The van der Waals surface area contributed by atoms with Crippen molar-refractivity contribution in [2.24, 2.45) is 5.73 Å². The number of nitrogens with two attached hydrogens (primary N) is 1. The molecule has 4 nitrogen and oxygen atoms in total. The minimum atomic E-state index is -0.352. The Morgan fingerprint density at radius 3 is 2.58 bits per heavy atom. The first-order valence-electron chi connectivity index (χ1n) is 5.97. The predicted octanol–water partition coefficient (Wildman–Crippen LogP) is 2.75. The van der Waals surface area contributed by atoms with Crippen molar-refractivity contribution < 1.29 is 9.32 Å². The van der Waals surface area contributed by atoms with Crippen LogP contribution in [0, 0.1) is 13.8 Å². The minimum Gasteiger partial charge on any atom is -0.368 e. The van der Waals surface area contributed by atoms with E-state index in [2.05, 4.69) is 5.16 Å². The summed E-state index contributed by atoms with van der Waals surface area (Å²) in [6, 6.07) is 9.55. The molecule has 0 saturated heterocycles. The lowest BCUT2D eigenvalue weighted by Gasteiger charge is -2.13. The monoisotopic (exact) mass is 276 g/mol. The zero-order valence-corrected chi connectivity index (χ0v) is 11.7. The van der Waals surface area contributed by atoms with E-state index in [9.17, 15) is 4.79 Å². The number of aryl methyl sites for hydroxylation is 2. The first kappa shape index (κ1) is 13.7. The Balaban J connectivity index is 2.13. The quantitative estimate of drug-likeness (QED) is 0.911. The highest BCUT2D eigenvalue weighted by atomic mass is 32.2. The number of benzene rings is 1. The van der Waals surface area contributed by atoms with E-state index in [1.54, 1.807) is 0 Å². The zero-order chi connectivity index (χ0) is 13.8. The van der Waals surface area contributed by atoms with Gasteiger partial charge in [-0.1, -0.05) is 35.5 Å². The third-order valence-corrected chi connectivity index (χ3v) is 4.23. The third kappa shape index (κ3) is 3.17. The fraction of sp³-hybridized carbons (Fsp3) is 0.286. The summed E-state index contributed by atoms with van der Waals surface area (Å²) in [5.41, 5.74) is 8.31. The first-order valence-corrected chi connectivity index (χ1v) is 7.02. The molecule has 0 radical (unpaired) electrons. The molecule has 2 N–H and O–H groups in total. The van der Waals surface area contributed by atoms with Crippen LogP contribution in [0.4, 0.5) is 0 Å². The second-order valence-electron chi connectivity index (χ2n) is 4.31. The molecular formula is C14H16N2O2S. The van der Waals surface area contributed by atoms with Crippen LogP contribution in [0.1, 0.15) is 27.8 Å². The summed E-state index contributed by atoms with van der Waals surface area (Å²) < 4.78 is 5.11. The van der Waals surface area contributed by atoms with Gasteiger partial charge >= 0.3 is 0 Å². The van der Waals surface area contributed by atoms with Crippen molar-refractivity contribution in [2.75, 3.05) is 0 Å². The first-order chi connectivity index (χ1) is 9.09. The number of carbonyl (C=O) groups excluding carboxylic acids is 1. The lowest BCUT2D eigenvalue weighted by atomic mass is 10.1. The summed E-state index contributed by atoms with van der Waals surface area (Å²) in [6.07, 6.45) is 0. The average molecular weight is 276 g/mol. The molecule has 1 heterocycles. The molecule has 0 spiro atoms. The number of aromatic nitrogens is 1. The van der Waals surface area contributed by atoms with Crippen LogP contribution in [0.5, 0.6) is 0 Å². The Bertz CT molecular complexity index is 547. The van der Waals surface area contributed by atoms with Crippen LogP contribution < -0.4 is 5.73 Å². The Morgan fingerprint density at radius 1 is 1.37 bits per heavy atom. The normalized spacial score (nSPS) is 12.3. The Labute approximate surface area is 116 Å². The van der Waals surface area contributed by atoms with Gasteiger partial charge in [0.1, 0.15) is 11.0 Å². The Morgan fingerprint density at radius 2 is 2.05 bits per heavy atom. The smallest absolute Gasteiger partial charge is 0.235 e. The maximum Gasteiger partial charge on any atom is 0.235 e. The molecule has 2 rings (SSSR count). The van der Waals surface area contributed by atoms with Crippen molar-refractivity contribution >= 4 is 17.7 Å². The van der Waals surface area contributed by atoms with E-state index in [0.717, 1.165) is 22.6 Å². The van der Waals surface area contributed by atoms with Crippen LogP contribution >= 0.6 is 11.8 Å². The predicted molar refractivity (Wildman–Crippen MR) is 75.6 cm³/mol. The molecule has 1 amide bonds. The van der Waals surface area contributed by atoms with E-state index in [1.165, 1.54) is 11.8 Å². The van der Waals surface area contributed by atoms with Crippen molar-refractivity contribution in [3.63, 3.8) is 0 Å². The van der Waals surface area contributed by atoms with Gasteiger partial charge in [-0.15, -0.1) is 11.8 Å². The molecule has 0 unspecified atom stereocenters. The number of thioether (sulfide) groups is 1. The number of rotatable bonds is 5. The van der Waals surface area contributed by atoms with E-state index in [-0.39, 0.29) is 11.2 Å². The molecule has 1 atom stereocenters. The van der Waals surface area contributed by atoms with Gasteiger partial charge in [0, 0.05) is 11.3 Å². The fourth-order valence-corrected chi connectivity index (χ4v) is 3.10. The second-order valence-corrected chi connectivity index (χ2v) is 5.40. The van der Waals surface area contributed by atoms with E-state index in [4.69, 9.17) is 10.3 Å². The van der Waals surface area contributed by atoms with Crippen LogP contribution in [-0.2, 0) is 10.5 Å². The van der Waals surface area contributed by atoms with Crippen LogP contribution in [0.3, 0.4) is 0 Å². The Kier molecular flexibility index (Phi) is 4.27. The standard InChI is InChI=1S/C14H16N2O2S/c1-9-12(10(2)18-16-9)8-19-13(14(15)17)11-6-4-3-5-7-11/h3-7,13H,8H2,1-2H3,(H2,15,17)/t13-/m0/s1. The van der Waals surface area contributed by atoms with E-state index >= 15 is 0 Å². The number of carbonyl (C=O) groups is 1. The summed E-state index contributed by atoms with van der Waals surface area (Å²) >= 11 is 1.49. The molecule has 0 aliphatic rings. The maximum atomic E-state index is 11.6. The van der Waals surface area contributed by atoms with Crippen molar-refractivity contribution in [2.45, 2.75) is 24.9 Å². The number of amides is 1. The number of hydrogen-bond donors (Lipinski definition) is 1. The Hall–Kier alpha value is -1.75. The number of primary amides is 1. The topological polar surface area (TPSA) is 69.1 Å². The van der Waals surface area contributed by atoms with Gasteiger partial charge in [0.05, 0.1) is 5.69 Å².